The van der Waals surface area contributed by atoms with E-state index in [9.17, 15) is 0 Å². The van der Waals surface area contributed by atoms with Crippen molar-refractivity contribution in [1.29, 1.82) is 0 Å². The van der Waals surface area contributed by atoms with Crippen LogP contribution in [-0.2, 0) is 19.3 Å². The molecule has 0 amide bonds. The Balaban J connectivity index is 1.37. The number of aryl methyl sites for hydroxylation is 2. The summed E-state index contributed by atoms with van der Waals surface area (Å²) in [4.78, 5) is 0. The number of hydrogen-bond donors (Lipinski definition) is 1. The number of nitrogens with zero attached hydrogens (tertiary/aromatic N) is 3. The molecule has 5 nitrogen and oxygen atoms in total. The SMILES string of the molecule is CCCCOc1cc2c(cc1CC)C1CC[C@@]3(C)C(CC[C@@H]3Cc3nnn[nH]3)C1CC2. The van der Waals surface area contributed by atoms with Crippen LogP contribution in [0.2, 0.25) is 0 Å². The minimum absolute atomic E-state index is 0.433. The highest BCUT2D eigenvalue weighted by molar-refractivity contribution is 5.46. The van der Waals surface area contributed by atoms with Crippen LogP contribution in [0.25, 0.3) is 0 Å². The molecule has 5 rings (SSSR count). The summed E-state index contributed by atoms with van der Waals surface area (Å²) in [6.45, 7) is 7.92. The fraction of sp³-hybridized carbons (Fsp3) is 0.731. The Morgan fingerprint density at radius 1 is 1.16 bits per heavy atom. The van der Waals surface area contributed by atoms with Crippen molar-refractivity contribution in [2.75, 3.05) is 6.61 Å². The van der Waals surface area contributed by atoms with Gasteiger partial charge in [0.2, 0.25) is 0 Å². The average Bonchev–Trinajstić information content (AvgIpc) is 3.41. The monoisotopic (exact) mass is 422 g/mol. The molecule has 0 radical (unpaired) electrons. The lowest BCUT2D eigenvalue weighted by Crippen LogP contribution is -2.42. The van der Waals surface area contributed by atoms with Gasteiger partial charge in [0, 0.05) is 6.42 Å². The summed E-state index contributed by atoms with van der Waals surface area (Å²) in [5.74, 6) is 5.23. The highest BCUT2D eigenvalue weighted by Crippen LogP contribution is 2.63. The molecule has 2 fully saturated rings. The summed E-state index contributed by atoms with van der Waals surface area (Å²) in [5.41, 5.74) is 5.06. The molecule has 0 bridgehead atoms. The molecule has 1 aromatic heterocycles. The fourth-order valence-corrected chi connectivity index (χ4v) is 7.33. The van der Waals surface area contributed by atoms with E-state index < -0.39 is 0 Å². The lowest BCUT2D eigenvalue weighted by atomic mass is 9.54. The van der Waals surface area contributed by atoms with E-state index in [4.69, 9.17) is 4.74 Å². The summed E-state index contributed by atoms with van der Waals surface area (Å²) in [6.07, 6.45) is 12.3. The van der Waals surface area contributed by atoms with Crippen molar-refractivity contribution < 1.29 is 4.74 Å². The molecule has 1 heterocycles. The predicted molar refractivity (Wildman–Crippen MR) is 122 cm³/mol. The van der Waals surface area contributed by atoms with Crippen LogP contribution in [0.1, 0.15) is 94.1 Å². The van der Waals surface area contributed by atoms with Gasteiger partial charge in [-0.3, -0.25) is 0 Å². The highest BCUT2D eigenvalue weighted by Gasteiger charge is 2.54. The second kappa shape index (κ2) is 8.55. The van der Waals surface area contributed by atoms with E-state index in [1.807, 2.05) is 0 Å². The number of ether oxygens (including phenoxy) is 1. The Morgan fingerprint density at radius 2 is 2.06 bits per heavy atom. The second-order valence-electron chi connectivity index (χ2n) is 10.5. The van der Waals surface area contributed by atoms with E-state index in [-0.39, 0.29) is 0 Å². The normalized spacial score (nSPS) is 31.7. The molecule has 168 valence electrons. The Morgan fingerprint density at radius 3 is 2.84 bits per heavy atom. The topological polar surface area (TPSA) is 63.7 Å². The molecule has 5 heteroatoms. The molecule has 0 saturated heterocycles. The van der Waals surface area contributed by atoms with Crippen LogP contribution >= 0.6 is 0 Å². The Kier molecular flexibility index (Phi) is 5.78. The van der Waals surface area contributed by atoms with Gasteiger partial charge in [0.05, 0.1) is 6.61 Å². The third-order valence-corrected chi connectivity index (χ3v) is 9.07. The quantitative estimate of drug-likeness (QED) is 0.585. The Hall–Kier alpha value is -1.91. The first kappa shape index (κ1) is 21.0. The van der Waals surface area contributed by atoms with Crippen LogP contribution in [0, 0.1) is 23.2 Å². The van der Waals surface area contributed by atoms with E-state index >= 15 is 0 Å². The number of hydrogen-bond acceptors (Lipinski definition) is 4. The number of tetrazole rings is 1. The first-order chi connectivity index (χ1) is 15.1. The molecular formula is C26H38N4O. The summed E-state index contributed by atoms with van der Waals surface area (Å²) in [6, 6.07) is 4.94. The maximum Gasteiger partial charge on any atom is 0.148 e. The van der Waals surface area contributed by atoms with Crippen LogP contribution in [0.15, 0.2) is 12.1 Å². The van der Waals surface area contributed by atoms with Crippen molar-refractivity contribution in [2.45, 2.75) is 90.9 Å². The van der Waals surface area contributed by atoms with Gasteiger partial charge in [-0.1, -0.05) is 33.3 Å². The lowest BCUT2D eigenvalue weighted by Gasteiger charge is -2.51. The van der Waals surface area contributed by atoms with Crippen LogP contribution in [-0.4, -0.2) is 27.2 Å². The van der Waals surface area contributed by atoms with Gasteiger partial charge in [-0.15, -0.1) is 5.10 Å². The number of unbranched alkanes of at least 4 members (excludes halogenated alkanes) is 1. The van der Waals surface area contributed by atoms with Gasteiger partial charge in [-0.25, -0.2) is 5.10 Å². The molecule has 0 aliphatic heterocycles. The Labute approximate surface area is 186 Å². The standard InChI is InChI=1S/C26H38N4O/c1-4-6-13-31-24-15-18-7-9-21-20(22(18)14-17(24)5-2)11-12-26(3)19(8-10-23(21)26)16-25-27-29-30-28-25/h14-15,19-21,23H,4-13,16H2,1-3H3,(H,27,28,29,30)/t19-,20?,21?,23?,26-/m1/s1. The number of aromatic nitrogens is 4. The highest BCUT2D eigenvalue weighted by atomic mass is 16.5. The summed E-state index contributed by atoms with van der Waals surface area (Å²) in [5, 5.41) is 14.8. The molecule has 2 saturated carbocycles. The van der Waals surface area contributed by atoms with E-state index in [2.05, 4.69) is 53.5 Å². The molecule has 1 N–H and O–H groups in total. The maximum atomic E-state index is 6.20. The van der Waals surface area contributed by atoms with Crippen molar-refractivity contribution in [1.82, 2.24) is 20.6 Å². The molecule has 1 aromatic carbocycles. The number of fused-ring (bicyclic) bond motifs is 5. The predicted octanol–water partition coefficient (Wildman–Crippen LogP) is 5.66. The van der Waals surface area contributed by atoms with Crippen molar-refractivity contribution in [2.24, 2.45) is 23.2 Å². The van der Waals surface area contributed by atoms with E-state index in [0.717, 1.165) is 55.2 Å². The van der Waals surface area contributed by atoms with Crippen molar-refractivity contribution >= 4 is 0 Å². The van der Waals surface area contributed by atoms with E-state index in [0.29, 0.717) is 11.3 Å². The van der Waals surface area contributed by atoms with Crippen molar-refractivity contribution in [3.8, 4) is 5.75 Å². The van der Waals surface area contributed by atoms with Gasteiger partial charge in [0.25, 0.3) is 0 Å². The zero-order valence-electron chi connectivity index (χ0n) is 19.5. The van der Waals surface area contributed by atoms with Crippen molar-refractivity contribution in [3.05, 3.63) is 34.6 Å². The largest absolute Gasteiger partial charge is 0.493 e. The summed E-state index contributed by atoms with van der Waals surface area (Å²) < 4.78 is 6.20. The molecule has 2 aromatic rings. The minimum atomic E-state index is 0.433. The van der Waals surface area contributed by atoms with E-state index in [1.165, 1.54) is 50.5 Å². The lowest BCUT2D eigenvalue weighted by molar-refractivity contribution is 0.0279. The molecule has 31 heavy (non-hydrogen) atoms. The van der Waals surface area contributed by atoms with Gasteiger partial charge < -0.3 is 4.74 Å². The van der Waals surface area contributed by atoms with Gasteiger partial charge in [-0.05, 0) is 114 Å². The zero-order valence-corrected chi connectivity index (χ0v) is 19.5. The number of rotatable bonds is 7. The number of H-pyrrole nitrogens is 1. The van der Waals surface area contributed by atoms with Gasteiger partial charge in [0.1, 0.15) is 11.6 Å². The second-order valence-corrected chi connectivity index (χ2v) is 10.5. The van der Waals surface area contributed by atoms with Crippen LogP contribution in [0.3, 0.4) is 0 Å². The van der Waals surface area contributed by atoms with Gasteiger partial charge in [-0.2, -0.15) is 0 Å². The first-order valence-electron chi connectivity index (χ1n) is 12.6. The molecule has 3 aliphatic rings. The van der Waals surface area contributed by atoms with Gasteiger partial charge in [0.15, 0.2) is 0 Å². The third kappa shape index (κ3) is 3.68. The third-order valence-electron chi connectivity index (χ3n) is 9.07. The van der Waals surface area contributed by atoms with Crippen LogP contribution in [0.5, 0.6) is 5.75 Å². The van der Waals surface area contributed by atoms with Crippen LogP contribution < -0.4 is 4.74 Å². The molecule has 3 unspecified atom stereocenters. The van der Waals surface area contributed by atoms with Crippen molar-refractivity contribution in [3.63, 3.8) is 0 Å². The van der Waals surface area contributed by atoms with Gasteiger partial charge >= 0.3 is 0 Å². The number of benzene rings is 1. The zero-order chi connectivity index (χ0) is 21.4. The first-order valence-corrected chi connectivity index (χ1v) is 12.6. The number of nitrogens with one attached hydrogen (secondary N) is 1. The summed E-state index contributed by atoms with van der Waals surface area (Å²) >= 11 is 0. The number of aromatic amines is 1. The molecule has 0 spiro atoms. The summed E-state index contributed by atoms with van der Waals surface area (Å²) in [7, 11) is 0. The van der Waals surface area contributed by atoms with E-state index in [1.54, 1.807) is 11.1 Å². The Bertz CT molecular complexity index is 895. The smallest absolute Gasteiger partial charge is 0.148 e. The molecular weight excluding hydrogens is 384 g/mol. The average molecular weight is 423 g/mol. The minimum Gasteiger partial charge on any atom is -0.493 e. The fourth-order valence-electron chi connectivity index (χ4n) is 7.33. The van der Waals surface area contributed by atoms with Crippen LogP contribution in [0.4, 0.5) is 0 Å². The molecule has 5 atom stereocenters. The maximum absolute atomic E-state index is 6.20. The molecule has 3 aliphatic carbocycles.